The monoisotopic (exact) mass is 411 g/mol. The molecule has 1 fully saturated rings. The molecule has 0 radical (unpaired) electrons. The Morgan fingerprint density at radius 3 is 2.37 bits per heavy atom. The van der Waals surface area contributed by atoms with Crippen molar-refractivity contribution in [3.63, 3.8) is 0 Å². The van der Waals surface area contributed by atoms with Gasteiger partial charge in [-0.3, -0.25) is 14.9 Å². The fourth-order valence-corrected chi connectivity index (χ4v) is 3.42. The highest BCUT2D eigenvalue weighted by molar-refractivity contribution is 5.97. The number of piperidine rings is 1. The van der Waals surface area contributed by atoms with E-state index in [1.54, 1.807) is 6.92 Å². The molecular weight excluding hydrogens is 386 g/mol. The number of ether oxygens (including phenoxy) is 1. The number of carbonyl (C=O) groups is 2. The fraction of sp³-hybridized carbons (Fsp3) is 0.364. The van der Waals surface area contributed by atoms with Gasteiger partial charge in [0.15, 0.2) is 6.10 Å². The van der Waals surface area contributed by atoms with Crippen LogP contribution in [0.25, 0.3) is 0 Å². The van der Waals surface area contributed by atoms with Gasteiger partial charge >= 0.3 is 5.97 Å². The van der Waals surface area contributed by atoms with Gasteiger partial charge in [0.1, 0.15) is 0 Å². The zero-order valence-corrected chi connectivity index (χ0v) is 17.1. The summed E-state index contributed by atoms with van der Waals surface area (Å²) in [6.07, 6.45) is 2.63. The zero-order valence-electron chi connectivity index (χ0n) is 17.1. The minimum Gasteiger partial charge on any atom is -0.449 e. The lowest BCUT2D eigenvalue weighted by molar-refractivity contribution is -0.385. The molecule has 0 spiro atoms. The van der Waals surface area contributed by atoms with Gasteiger partial charge in [0.25, 0.3) is 11.6 Å². The lowest BCUT2D eigenvalue weighted by Crippen LogP contribution is -2.30. The molecule has 0 saturated carbocycles. The normalized spacial score (nSPS) is 14.7. The molecule has 0 aliphatic carbocycles. The highest BCUT2D eigenvalue weighted by Crippen LogP contribution is 2.22. The van der Waals surface area contributed by atoms with Gasteiger partial charge in [0, 0.05) is 36.1 Å². The van der Waals surface area contributed by atoms with Crippen LogP contribution in [-0.4, -0.2) is 36.0 Å². The summed E-state index contributed by atoms with van der Waals surface area (Å²) in [6.45, 7) is 5.10. The number of nitro groups is 1. The number of benzene rings is 2. The predicted octanol–water partition coefficient (Wildman–Crippen LogP) is 4.08. The van der Waals surface area contributed by atoms with Crippen LogP contribution in [0.15, 0.2) is 42.5 Å². The topological polar surface area (TPSA) is 102 Å². The minimum atomic E-state index is -1.02. The van der Waals surface area contributed by atoms with Crippen molar-refractivity contribution in [3.05, 3.63) is 63.7 Å². The third-order valence-corrected chi connectivity index (χ3v) is 5.14. The van der Waals surface area contributed by atoms with Gasteiger partial charge in [0.2, 0.25) is 0 Å². The first-order chi connectivity index (χ1) is 14.3. The van der Waals surface area contributed by atoms with Crippen LogP contribution in [0.3, 0.4) is 0 Å². The average Bonchev–Trinajstić information content (AvgIpc) is 2.74. The first kappa shape index (κ1) is 21.3. The van der Waals surface area contributed by atoms with E-state index in [9.17, 15) is 19.7 Å². The summed E-state index contributed by atoms with van der Waals surface area (Å²) in [5, 5.41) is 13.6. The fourth-order valence-electron chi connectivity index (χ4n) is 3.42. The number of rotatable bonds is 6. The van der Waals surface area contributed by atoms with E-state index in [1.807, 2.05) is 24.3 Å². The Balaban J connectivity index is 1.57. The number of anilines is 2. The van der Waals surface area contributed by atoms with Crippen LogP contribution in [0.2, 0.25) is 0 Å². The summed E-state index contributed by atoms with van der Waals surface area (Å²) < 4.78 is 5.22. The largest absolute Gasteiger partial charge is 0.449 e. The quantitative estimate of drug-likeness (QED) is 0.437. The molecular formula is C22H25N3O5. The molecule has 0 aromatic heterocycles. The summed E-state index contributed by atoms with van der Waals surface area (Å²) in [5.74, 6) is -1.16. The number of nitro benzene ring substituents is 1. The first-order valence-electron chi connectivity index (χ1n) is 9.97. The molecule has 1 unspecified atom stereocenters. The standard InChI is InChI=1S/C22H25N3O5/c1-15-14-17(6-11-20(15)25(28)29)22(27)30-16(2)21(26)23-18-7-9-19(10-8-18)24-12-4-3-5-13-24/h6-11,14,16H,3-5,12-13H2,1-2H3,(H,23,26). The molecule has 1 N–H and O–H groups in total. The number of esters is 1. The molecule has 2 aromatic carbocycles. The van der Waals surface area contributed by atoms with Gasteiger partial charge in [-0.1, -0.05) is 0 Å². The highest BCUT2D eigenvalue weighted by atomic mass is 16.6. The Labute approximate surface area is 175 Å². The number of carbonyl (C=O) groups excluding carboxylic acids is 2. The van der Waals surface area contributed by atoms with Crippen LogP contribution in [0.1, 0.15) is 42.1 Å². The van der Waals surface area contributed by atoms with E-state index in [2.05, 4.69) is 10.2 Å². The first-order valence-corrected chi connectivity index (χ1v) is 9.97. The maximum Gasteiger partial charge on any atom is 0.338 e. The Hall–Kier alpha value is -3.42. The van der Waals surface area contributed by atoms with Crippen LogP contribution >= 0.6 is 0 Å². The lowest BCUT2D eigenvalue weighted by atomic mass is 10.1. The van der Waals surface area contributed by atoms with Crippen molar-refractivity contribution in [2.75, 3.05) is 23.3 Å². The minimum absolute atomic E-state index is 0.0784. The molecule has 158 valence electrons. The number of hydrogen-bond donors (Lipinski definition) is 1. The van der Waals surface area contributed by atoms with Gasteiger partial charge in [0.05, 0.1) is 10.5 Å². The van der Waals surface area contributed by atoms with Crippen molar-refractivity contribution in [1.29, 1.82) is 0 Å². The molecule has 1 aliphatic rings. The summed E-state index contributed by atoms with van der Waals surface area (Å²) in [6, 6.07) is 11.5. The van der Waals surface area contributed by atoms with E-state index in [0.717, 1.165) is 18.8 Å². The second-order valence-electron chi connectivity index (χ2n) is 7.39. The lowest BCUT2D eigenvalue weighted by Gasteiger charge is -2.28. The van der Waals surface area contributed by atoms with E-state index >= 15 is 0 Å². The Morgan fingerprint density at radius 1 is 1.10 bits per heavy atom. The highest BCUT2D eigenvalue weighted by Gasteiger charge is 2.21. The number of hydrogen-bond acceptors (Lipinski definition) is 6. The van der Waals surface area contributed by atoms with Crippen molar-refractivity contribution < 1.29 is 19.2 Å². The van der Waals surface area contributed by atoms with Crippen molar-refractivity contribution in [3.8, 4) is 0 Å². The van der Waals surface area contributed by atoms with E-state index in [0.29, 0.717) is 11.3 Å². The maximum atomic E-state index is 12.4. The van der Waals surface area contributed by atoms with Gasteiger partial charge in [-0.05, 0) is 69.5 Å². The zero-order chi connectivity index (χ0) is 21.7. The number of aryl methyl sites for hydroxylation is 1. The Morgan fingerprint density at radius 2 is 1.77 bits per heavy atom. The molecule has 1 amide bonds. The molecule has 3 rings (SSSR count). The number of amides is 1. The second-order valence-corrected chi connectivity index (χ2v) is 7.39. The molecule has 1 saturated heterocycles. The molecule has 1 heterocycles. The van der Waals surface area contributed by atoms with Crippen molar-refractivity contribution in [1.82, 2.24) is 0 Å². The van der Waals surface area contributed by atoms with Crippen molar-refractivity contribution in [2.24, 2.45) is 0 Å². The van der Waals surface area contributed by atoms with Crippen LogP contribution in [0.5, 0.6) is 0 Å². The third-order valence-electron chi connectivity index (χ3n) is 5.14. The SMILES string of the molecule is Cc1cc(C(=O)OC(C)C(=O)Nc2ccc(N3CCCCC3)cc2)ccc1[N+](=O)[O-]. The summed E-state index contributed by atoms with van der Waals surface area (Å²) in [4.78, 5) is 37.4. The molecule has 2 aromatic rings. The number of nitrogens with one attached hydrogen (secondary N) is 1. The Bertz CT molecular complexity index is 936. The van der Waals surface area contributed by atoms with Crippen molar-refractivity contribution in [2.45, 2.75) is 39.2 Å². The third kappa shape index (κ3) is 5.14. The summed E-state index contributed by atoms with van der Waals surface area (Å²) in [7, 11) is 0. The van der Waals surface area contributed by atoms with Gasteiger partial charge < -0.3 is 15.0 Å². The predicted molar refractivity (Wildman–Crippen MR) is 114 cm³/mol. The van der Waals surface area contributed by atoms with Crippen LogP contribution < -0.4 is 10.2 Å². The van der Waals surface area contributed by atoms with Gasteiger partial charge in [-0.2, -0.15) is 0 Å². The molecule has 0 bridgehead atoms. The summed E-state index contributed by atoms with van der Waals surface area (Å²) >= 11 is 0. The molecule has 8 heteroatoms. The van der Waals surface area contributed by atoms with Crippen LogP contribution in [-0.2, 0) is 9.53 Å². The van der Waals surface area contributed by atoms with E-state index in [4.69, 9.17) is 4.74 Å². The number of nitrogens with zero attached hydrogens (tertiary/aromatic N) is 2. The van der Waals surface area contributed by atoms with Gasteiger partial charge in [-0.15, -0.1) is 0 Å². The van der Waals surface area contributed by atoms with Gasteiger partial charge in [-0.25, -0.2) is 4.79 Å². The van der Waals surface area contributed by atoms with E-state index in [1.165, 1.54) is 44.4 Å². The van der Waals surface area contributed by atoms with Crippen molar-refractivity contribution >= 4 is 28.9 Å². The second kappa shape index (κ2) is 9.39. The average molecular weight is 411 g/mol. The smallest absolute Gasteiger partial charge is 0.338 e. The van der Waals surface area contributed by atoms with Crippen LogP contribution in [0, 0.1) is 17.0 Å². The molecule has 30 heavy (non-hydrogen) atoms. The molecule has 8 nitrogen and oxygen atoms in total. The maximum absolute atomic E-state index is 12.4. The van der Waals surface area contributed by atoms with E-state index < -0.39 is 22.9 Å². The van der Waals surface area contributed by atoms with E-state index in [-0.39, 0.29) is 11.3 Å². The Kier molecular flexibility index (Phi) is 6.66. The molecule has 1 aliphatic heterocycles. The summed E-state index contributed by atoms with van der Waals surface area (Å²) in [5.41, 5.74) is 2.17. The van der Waals surface area contributed by atoms with Crippen LogP contribution in [0.4, 0.5) is 17.1 Å². The molecule has 1 atom stereocenters.